The molecule has 0 spiro atoms. The third kappa shape index (κ3) is 6.21. The number of hydrogen-bond donors (Lipinski definition) is 2. The fraction of sp³-hybridized carbons (Fsp3) is 0.800. The summed E-state index contributed by atoms with van der Waals surface area (Å²) >= 11 is 0. The highest BCUT2D eigenvalue weighted by Crippen LogP contribution is 2.20. The lowest BCUT2D eigenvalue weighted by Gasteiger charge is -2.24. The number of rotatable bonds is 6. The van der Waals surface area contributed by atoms with Crippen molar-refractivity contribution >= 4 is 0 Å². The quantitative estimate of drug-likeness (QED) is 0.459. The van der Waals surface area contributed by atoms with Crippen molar-refractivity contribution < 1.29 is 5.11 Å². The predicted octanol–water partition coefficient (Wildman–Crippen LogP) is 1.01. The Morgan fingerprint density at radius 1 is 1.50 bits per heavy atom. The lowest BCUT2D eigenvalue weighted by atomic mass is 9.88. The van der Waals surface area contributed by atoms with E-state index in [2.05, 4.69) is 25.1 Å². The second-order valence-corrected chi connectivity index (χ2v) is 3.80. The zero-order chi connectivity index (χ0) is 9.45. The summed E-state index contributed by atoms with van der Waals surface area (Å²) in [6.45, 7) is 6.16. The van der Waals surface area contributed by atoms with E-state index in [1.807, 2.05) is 0 Å². The summed E-state index contributed by atoms with van der Waals surface area (Å²) in [6.07, 6.45) is 7.00. The molecule has 2 nitrogen and oxygen atoms in total. The Kier molecular flexibility index (Phi) is 5.79. The van der Waals surface area contributed by atoms with Crippen molar-refractivity contribution in [3.63, 3.8) is 0 Å². The molecule has 0 saturated heterocycles. The molecule has 0 aliphatic heterocycles. The van der Waals surface area contributed by atoms with Gasteiger partial charge in [0.15, 0.2) is 0 Å². The first-order chi connectivity index (χ1) is 5.62. The fourth-order valence-electron chi connectivity index (χ4n) is 1.12. The molecule has 0 amide bonds. The van der Waals surface area contributed by atoms with Crippen LogP contribution >= 0.6 is 0 Å². The Bertz CT molecular complexity index is 146. The Morgan fingerprint density at radius 2 is 2.17 bits per heavy atom. The van der Waals surface area contributed by atoms with Gasteiger partial charge in [-0.05, 0) is 18.3 Å². The van der Waals surface area contributed by atoms with Gasteiger partial charge in [0.1, 0.15) is 0 Å². The topological polar surface area (TPSA) is 32.3 Å². The van der Waals surface area contributed by atoms with Crippen LogP contribution in [0, 0.1) is 17.8 Å². The molecule has 0 saturated carbocycles. The first-order valence-electron chi connectivity index (χ1n) is 4.37. The average Bonchev–Trinajstić information content (AvgIpc) is 2.01. The zero-order valence-corrected chi connectivity index (χ0v) is 8.06. The van der Waals surface area contributed by atoms with E-state index < -0.39 is 0 Å². The lowest BCUT2D eigenvalue weighted by molar-refractivity contribution is 0.238. The third-order valence-corrected chi connectivity index (χ3v) is 1.84. The maximum Gasteiger partial charge on any atom is 0.0574 e. The van der Waals surface area contributed by atoms with E-state index in [1.165, 1.54) is 0 Å². The van der Waals surface area contributed by atoms with Gasteiger partial charge in [0, 0.05) is 13.2 Å². The number of nitrogens with one attached hydrogen (secondary N) is 1. The molecule has 0 unspecified atom stereocenters. The lowest BCUT2D eigenvalue weighted by Crippen LogP contribution is -2.29. The van der Waals surface area contributed by atoms with Crippen LogP contribution in [-0.4, -0.2) is 24.8 Å². The minimum Gasteiger partial charge on any atom is -0.396 e. The van der Waals surface area contributed by atoms with Crippen LogP contribution < -0.4 is 5.32 Å². The molecule has 0 aromatic carbocycles. The highest BCUT2D eigenvalue weighted by molar-refractivity contribution is 4.87. The van der Waals surface area contributed by atoms with E-state index in [0.717, 1.165) is 19.4 Å². The number of aliphatic hydroxyl groups is 1. The largest absolute Gasteiger partial charge is 0.396 e. The van der Waals surface area contributed by atoms with E-state index >= 15 is 0 Å². The van der Waals surface area contributed by atoms with Crippen LogP contribution in [0.3, 0.4) is 0 Å². The van der Waals surface area contributed by atoms with Gasteiger partial charge in [0.2, 0.25) is 0 Å². The average molecular weight is 169 g/mol. The molecule has 2 N–H and O–H groups in total. The summed E-state index contributed by atoms with van der Waals surface area (Å²) in [4.78, 5) is 0. The van der Waals surface area contributed by atoms with Gasteiger partial charge in [-0.15, -0.1) is 6.42 Å². The zero-order valence-electron chi connectivity index (χ0n) is 8.06. The Labute approximate surface area is 75.4 Å². The molecule has 2 heteroatoms. The standard InChI is InChI=1S/C10H19NO/c1-4-7-11-9-10(2,3)6-5-8-12/h1,11-12H,5-9H2,2-3H3. The van der Waals surface area contributed by atoms with Gasteiger partial charge in [-0.1, -0.05) is 19.8 Å². The maximum absolute atomic E-state index is 8.65. The smallest absolute Gasteiger partial charge is 0.0574 e. The Hall–Kier alpha value is -0.520. The highest BCUT2D eigenvalue weighted by Gasteiger charge is 2.15. The van der Waals surface area contributed by atoms with Crippen molar-refractivity contribution in [3.05, 3.63) is 0 Å². The van der Waals surface area contributed by atoms with Crippen molar-refractivity contribution in [3.8, 4) is 12.3 Å². The molecule has 0 bridgehead atoms. The second-order valence-electron chi connectivity index (χ2n) is 3.80. The van der Waals surface area contributed by atoms with Crippen LogP contribution in [0.1, 0.15) is 26.7 Å². The van der Waals surface area contributed by atoms with Crippen LogP contribution in [0.4, 0.5) is 0 Å². The fourth-order valence-corrected chi connectivity index (χ4v) is 1.12. The second kappa shape index (κ2) is 6.05. The molecular formula is C10H19NO. The van der Waals surface area contributed by atoms with Gasteiger partial charge in [-0.25, -0.2) is 0 Å². The van der Waals surface area contributed by atoms with Gasteiger partial charge in [0.25, 0.3) is 0 Å². The molecule has 0 radical (unpaired) electrons. The van der Waals surface area contributed by atoms with Crippen molar-refractivity contribution in [1.29, 1.82) is 0 Å². The summed E-state index contributed by atoms with van der Waals surface area (Å²) in [5.74, 6) is 2.54. The van der Waals surface area contributed by atoms with E-state index in [4.69, 9.17) is 11.5 Å². The highest BCUT2D eigenvalue weighted by atomic mass is 16.2. The molecule has 0 rings (SSSR count). The van der Waals surface area contributed by atoms with E-state index in [-0.39, 0.29) is 12.0 Å². The normalized spacial score (nSPS) is 11.2. The SMILES string of the molecule is C#CCNCC(C)(C)CCCO. The van der Waals surface area contributed by atoms with Gasteiger partial charge < -0.3 is 10.4 Å². The minimum atomic E-state index is 0.236. The predicted molar refractivity (Wildman–Crippen MR) is 51.8 cm³/mol. The van der Waals surface area contributed by atoms with Crippen LogP contribution in [-0.2, 0) is 0 Å². The Morgan fingerprint density at radius 3 is 2.67 bits per heavy atom. The summed E-state index contributed by atoms with van der Waals surface area (Å²) in [5.41, 5.74) is 0.236. The molecular weight excluding hydrogens is 150 g/mol. The van der Waals surface area contributed by atoms with E-state index in [0.29, 0.717) is 6.54 Å². The summed E-state index contributed by atoms with van der Waals surface area (Å²) in [7, 11) is 0. The van der Waals surface area contributed by atoms with Crippen LogP contribution in [0.2, 0.25) is 0 Å². The molecule has 0 aliphatic carbocycles. The summed E-state index contributed by atoms with van der Waals surface area (Å²) in [6, 6.07) is 0. The van der Waals surface area contributed by atoms with Crippen LogP contribution in [0.15, 0.2) is 0 Å². The first-order valence-corrected chi connectivity index (χ1v) is 4.37. The number of aliphatic hydroxyl groups excluding tert-OH is 1. The van der Waals surface area contributed by atoms with Gasteiger partial charge in [0.05, 0.1) is 6.54 Å². The van der Waals surface area contributed by atoms with Crippen molar-refractivity contribution in [2.75, 3.05) is 19.7 Å². The van der Waals surface area contributed by atoms with Crippen LogP contribution in [0.25, 0.3) is 0 Å². The van der Waals surface area contributed by atoms with Crippen LogP contribution in [0.5, 0.6) is 0 Å². The van der Waals surface area contributed by atoms with Crippen molar-refractivity contribution in [1.82, 2.24) is 5.32 Å². The van der Waals surface area contributed by atoms with Crippen molar-refractivity contribution in [2.45, 2.75) is 26.7 Å². The summed E-state index contributed by atoms with van der Waals surface area (Å²) < 4.78 is 0. The minimum absolute atomic E-state index is 0.236. The van der Waals surface area contributed by atoms with E-state index in [9.17, 15) is 0 Å². The van der Waals surface area contributed by atoms with E-state index in [1.54, 1.807) is 0 Å². The molecule has 70 valence electrons. The third-order valence-electron chi connectivity index (χ3n) is 1.84. The Balaban J connectivity index is 3.50. The molecule has 0 aliphatic rings. The molecule has 0 aromatic rings. The van der Waals surface area contributed by atoms with Crippen molar-refractivity contribution in [2.24, 2.45) is 5.41 Å². The summed E-state index contributed by atoms with van der Waals surface area (Å²) in [5, 5.41) is 11.8. The number of terminal acetylenes is 1. The van der Waals surface area contributed by atoms with Gasteiger partial charge in [-0.2, -0.15) is 0 Å². The van der Waals surface area contributed by atoms with Gasteiger partial charge in [-0.3, -0.25) is 0 Å². The first kappa shape index (κ1) is 11.5. The number of hydrogen-bond acceptors (Lipinski definition) is 2. The van der Waals surface area contributed by atoms with Gasteiger partial charge >= 0.3 is 0 Å². The molecule has 0 heterocycles. The molecule has 0 atom stereocenters. The molecule has 12 heavy (non-hydrogen) atoms. The molecule has 0 fully saturated rings. The molecule has 0 aromatic heterocycles. The maximum atomic E-state index is 8.65. The monoisotopic (exact) mass is 169 g/mol.